The fourth-order valence-electron chi connectivity index (χ4n) is 3.36. The summed E-state index contributed by atoms with van der Waals surface area (Å²) in [6, 6.07) is 4.28. The number of primary amides is 1. The fraction of sp³-hybridized carbons (Fsp3) is 0.500. The van der Waals surface area contributed by atoms with E-state index in [4.69, 9.17) is 10.5 Å². The summed E-state index contributed by atoms with van der Waals surface area (Å²) in [7, 11) is 1.65. The number of ether oxygens (including phenoxy) is 1. The van der Waals surface area contributed by atoms with Gasteiger partial charge in [-0.2, -0.15) is 5.10 Å². The molecule has 0 unspecified atom stereocenters. The monoisotopic (exact) mass is 360 g/mol. The van der Waals surface area contributed by atoms with E-state index in [1.807, 2.05) is 6.07 Å². The van der Waals surface area contributed by atoms with Gasteiger partial charge in [-0.15, -0.1) is 0 Å². The molecule has 26 heavy (non-hydrogen) atoms. The van der Waals surface area contributed by atoms with Gasteiger partial charge in [0.2, 0.25) is 5.91 Å². The van der Waals surface area contributed by atoms with Crippen LogP contribution < -0.4 is 15.8 Å². The highest BCUT2D eigenvalue weighted by atomic mass is 16.5. The number of aliphatic hydroxyl groups is 1. The number of amides is 2. The first kappa shape index (κ1) is 18.2. The molecule has 8 heteroatoms. The molecule has 140 valence electrons. The predicted octanol–water partition coefficient (Wildman–Crippen LogP) is 0.718. The van der Waals surface area contributed by atoms with E-state index in [1.165, 1.54) is 30.4 Å². The van der Waals surface area contributed by atoms with Crippen molar-refractivity contribution < 1.29 is 19.4 Å². The average Bonchev–Trinajstić information content (AvgIpc) is 3.23. The second-order valence-corrected chi connectivity index (χ2v) is 6.72. The van der Waals surface area contributed by atoms with Crippen LogP contribution in [0.4, 0.5) is 0 Å². The molecule has 0 radical (unpaired) electrons. The van der Waals surface area contributed by atoms with Crippen molar-refractivity contribution in [1.82, 2.24) is 15.1 Å². The van der Waals surface area contributed by atoms with Gasteiger partial charge in [-0.1, -0.05) is 12.8 Å². The molecule has 0 saturated heterocycles. The van der Waals surface area contributed by atoms with E-state index in [-0.39, 0.29) is 5.69 Å². The van der Waals surface area contributed by atoms with Crippen molar-refractivity contribution in [2.75, 3.05) is 13.2 Å². The highest BCUT2D eigenvalue weighted by Gasteiger charge is 2.23. The summed E-state index contributed by atoms with van der Waals surface area (Å²) < 4.78 is 7.34. The Balaban J connectivity index is 1.82. The standard InChI is InChI=1S/C18H24N4O4/c1-22-16(18(25)20-15(9-23)17(19)24)13-8-12(6-7-14(13)21-22)26-10-11-4-2-3-5-11/h6-8,11,15,23H,2-5,9-10H2,1H3,(H2,19,24)(H,20,25)/t15-/m0/s1. The van der Waals surface area contributed by atoms with E-state index < -0.39 is 24.5 Å². The molecule has 0 bridgehead atoms. The number of fused-ring (bicyclic) bond motifs is 1. The Bertz CT molecular complexity index is 811. The maximum Gasteiger partial charge on any atom is 0.270 e. The number of aromatic nitrogens is 2. The van der Waals surface area contributed by atoms with Crippen LogP contribution in [0.15, 0.2) is 18.2 Å². The van der Waals surface area contributed by atoms with E-state index >= 15 is 0 Å². The molecule has 1 atom stereocenters. The van der Waals surface area contributed by atoms with E-state index in [0.29, 0.717) is 29.2 Å². The smallest absolute Gasteiger partial charge is 0.270 e. The summed E-state index contributed by atoms with van der Waals surface area (Å²) in [5, 5.41) is 16.6. The van der Waals surface area contributed by atoms with Crippen LogP contribution in [0.1, 0.15) is 36.2 Å². The number of nitrogens with two attached hydrogens (primary N) is 1. The first-order valence-corrected chi connectivity index (χ1v) is 8.80. The van der Waals surface area contributed by atoms with E-state index in [0.717, 1.165) is 0 Å². The zero-order valence-corrected chi connectivity index (χ0v) is 14.8. The van der Waals surface area contributed by atoms with Crippen LogP contribution in [0, 0.1) is 5.92 Å². The molecule has 4 N–H and O–H groups in total. The molecule has 1 aliphatic carbocycles. The molecule has 1 aliphatic rings. The number of nitrogens with zero attached hydrogens (tertiary/aromatic N) is 2. The Labute approximate surface area is 151 Å². The lowest BCUT2D eigenvalue weighted by Crippen LogP contribution is -2.47. The van der Waals surface area contributed by atoms with Gasteiger partial charge >= 0.3 is 0 Å². The van der Waals surface area contributed by atoms with Gasteiger partial charge in [0, 0.05) is 12.4 Å². The minimum Gasteiger partial charge on any atom is -0.493 e. The predicted molar refractivity (Wildman–Crippen MR) is 95.7 cm³/mol. The number of carbonyl (C=O) groups excluding carboxylic acids is 2. The molecule has 1 saturated carbocycles. The fourth-order valence-corrected chi connectivity index (χ4v) is 3.36. The highest BCUT2D eigenvalue weighted by molar-refractivity contribution is 6.06. The van der Waals surface area contributed by atoms with Gasteiger partial charge in [0.05, 0.1) is 18.7 Å². The molecular weight excluding hydrogens is 336 g/mol. The number of benzene rings is 1. The molecule has 1 aromatic heterocycles. The van der Waals surface area contributed by atoms with Crippen LogP contribution in [0.5, 0.6) is 5.75 Å². The second kappa shape index (κ2) is 7.74. The van der Waals surface area contributed by atoms with Gasteiger partial charge in [-0.25, -0.2) is 0 Å². The van der Waals surface area contributed by atoms with Gasteiger partial charge < -0.3 is 20.9 Å². The normalized spacial score (nSPS) is 15.9. The number of hydrogen-bond donors (Lipinski definition) is 3. The average molecular weight is 360 g/mol. The zero-order valence-electron chi connectivity index (χ0n) is 14.8. The maximum atomic E-state index is 12.6. The zero-order chi connectivity index (χ0) is 18.7. The molecule has 0 aliphatic heterocycles. The van der Waals surface area contributed by atoms with Crippen molar-refractivity contribution >= 4 is 22.7 Å². The lowest BCUT2D eigenvalue weighted by molar-refractivity contribution is -0.120. The summed E-state index contributed by atoms with van der Waals surface area (Å²) in [5.41, 5.74) is 6.09. The van der Waals surface area contributed by atoms with E-state index in [9.17, 15) is 14.7 Å². The van der Waals surface area contributed by atoms with Gasteiger partial charge in [0.15, 0.2) is 0 Å². The number of nitrogens with one attached hydrogen (secondary N) is 1. The quantitative estimate of drug-likeness (QED) is 0.672. The van der Waals surface area contributed by atoms with Crippen molar-refractivity contribution in [3.63, 3.8) is 0 Å². The summed E-state index contributed by atoms with van der Waals surface area (Å²) in [6.07, 6.45) is 4.90. The molecule has 3 rings (SSSR count). The lowest BCUT2D eigenvalue weighted by Gasteiger charge is -2.13. The number of aryl methyl sites for hydroxylation is 1. The summed E-state index contributed by atoms with van der Waals surface area (Å²) in [4.78, 5) is 23.8. The van der Waals surface area contributed by atoms with E-state index in [1.54, 1.807) is 19.2 Å². The number of rotatable bonds is 7. The van der Waals surface area contributed by atoms with Crippen molar-refractivity contribution in [3.05, 3.63) is 23.9 Å². The topological polar surface area (TPSA) is 119 Å². The number of aliphatic hydroxyl groups excluding tert-OH is 1. The summed E-state index contributed by atoms with van der Waals surface area (Å²) >= 11 is 0. The first-order valence-electron chi connectivity index (χ1n) is 8.80. The molecule has 1 aromatic carbocycles. The Morgan fingerprint density at radius 3 is 2.81 bits per heavy atom. The minimum absolute atomic E-state index is 0.283. The van der Waals surface area contributed by atoms with E-state index in [2.05, 4.69) is 10.4 Å². The molecule has 1 fully saturated rings. The summed E-state index contributed by atoms with van der Waals surface area (Å²) in [6.45, 7) is 0.105. The van der Waals surface area contributed by atoms with Crippen LogP contribution >= 0.6 is 0 Å². The minimum atomic E-state index is -1.14. The van der Waals surface area contributed by atoms with Gasteiger partial charge in [0.1, 0.15) is 17.5 Å². The van der Waals surface area contributed by atoms with Crippen LogP contribution in [0.25, 0.3) is 10.9 Å². The number of carbonyl (C=O) groups is 2. The molecule has 8 nitrogen and oxygen atoms in total. The maximum absolute atomic E-state index is 12.6. The molecule has 2 amide bonds. The van der Waals surface area contributed by atoms with Crippen molar-refractivity contribution in [2.24, 2.45) is 18.7 Å². The van der Waals surface area contributed by atoms with Gasteiger partial charge in [0.25, 0.3) is 5.91 Å². The third-order valence-corrected chi connectivity index (χ3v) is 4.81. The molecule has 1 heterocycles. The Morgan fingerprint density at radius 2 is 2.15 bits per heavy atom. The SMILES string of the molecule is Cn1nc2ccc(OCC3CCCC3)cc2c1C(=O)N[C@@H](CO)C(N)=O. The molecule has 0 spiro atoms. The lowest BCUT2D eigenvalue weighted by atomic mass is 10.1. The van der Waals surface area contributed by atoms with Crippen molar-refractivity contribution in [2.45, 2.75) is 31.7 Å². The largest absolute Gasteiger partial charge is 0.493 e. The van der Waals surface area contributed by atoms with Crippen LogP contribution in [0.2, 0.25) is 0 Å². The second-order valence-electron chi connectivity index (χ2n) is 6.72. The van der Waals surface area contributed by atoms with Crippen LogP contribution in [0.3, 0.4) is 0 Å². The third-order valence-electron chi connectivity index (χ3n) is 4.81. The Hall–Kier alpha value is -2.61. The Morgan fingerprint density at radius 1 is 1.42 bits per heavy atom. The molecular formula is C18H24N4O4. The van der Waals surface area contributed by atoms with Gasteiger partial charge in [-0.05, 0) is 37.0 Å². The third kappa shape index (κ3) is 3.80. The number of hydrogen-bond acceptors (Lipinski definition) is 5. The van der Waals surface area contributed by atoms with Crippen LogP contribution in [-0.2, 0) is 11.8 Å². The first-order chi connectivity index (χ1) is 12.5. The van der Waals surface area contributed by atoms with Crippen molar-refractivity contribution in [1.29, 1.82) is 0 Å². The molecule has 2 aromatic rings. The van der Waals surface area contributed by atoms with Gasteiger partial charge in [-0.3, -0.25) is 14.3 Å². The Kier molecular flexibility index (Phi) is 5.41. The van der Waals surface area contributed by atoms with Crippen molar-refractivity contribution in [3.8, 4) is 5.75 Å². The summed E-state index contributed by atoms with van der Waals surface area (Å²) in [5.74, 6) is -0.0583. The van der Waals surface area contributed by atoms with Crippen LogP contribution in [-0.4, -0.2) is 46.0 Å². The highest BCUT2D eigenvalue weighted by Crippen LogP contribution is 2.27.